The van der Waals surface area contributed by atoms with Crippen molar-refractivity contribution in [3.8, 4) is 5.75 Å². The van der Waals surface area contributed by atoms with Crippen LogP contribution in [-0.2, 0) is 14.8 Å². The zero-order chi connectivity index (χ0) is 19.3. The van der Waals surface area contributed by atoms with Crippen molar-refractivity contribution in [1.82, 2.24) is 10.2 Å². The highest BCUT2D eigenvalue weighted by atomic mass is 35.5. The molecule has 9 heteroatoms. The summed E-state index contributed by atoms with van der Waals surface area (Å²) in [5, 5.41) is 3.52. The Bertz CT molecular complexity index is 892. The van der Waals surface area contributed by atoms with E-state index >= 15 is 0 Å². The average Bonchev–Trinajstić information content (AvgIpc) is 2.64. The third-order valence-electron chi connectivity index (χ3n) is 4.03. The highest BCUT2D eigenvalue weighted by Crippen LogP contribution is 2.17. The number of nitrogens with one attached hydrogen (secondary N) is 1. The number of hydrogen-bond acceptors (Lipinski definition) is 5. The molecule has 0 aliphatic carbocycles. The van der Waals surface area contributed by atoms with Crippen molar-refractivity contribution in [3.63, 3.8) is 0 Å². The first-order valence-electron chi connectivity index (χ1n) is 8.59. The van der Waals surface area contributed by atoms with Gasteiger partial charge in [-0.1, -0.05) is 11.6 Å². The first-order chi connectivity index (χ1) is 12.9. The van der Waals surface area contributed by atoms with Gasteiger partial charge in [0, 0.05) is 24.3 Å². The standard InChI is InChI=1S/C18H20ClN3O4S/c19-15-4-6-16(7-5-15)26-11-2-1-9-20-18(23)14-3-8-17-21-27(24,25)12-10-22(17)13-14/h3-8,13H,1-2,9-12H2,(H,20,23). The van der Waals surface area contributed by atoms with E-state index in [1.54, 1.807) is 35.4 Å². The number of amides is 1. The molecule has 0 atom stereocenters. The Hall–Kier alpha value is -2.32. The molecule has 2 aliphatic rings. The number of halogens is 1. The van der Waals surface area contributed by atoms with Crippen molar-refractivity contribution < 1.29 is 17.9 Å². The molecule has 0 saturated carbocycles. The summed E-state index contributed by atoms with van der Waals surface area (Å²) < 4.78 is 32.3. The minimum Gasteiger partial charge on any atom is -0.494 e. The number of ether oxygens (including phenoxy) is 1. The van der Waals surface area contributed by atoms with Gasteiger partial charge in [0.25, 0.3) is 15.9 Å². The first-order valence-corrected chi connectivity index (χ1v) is 10.6. The van der Waals surface area contributed by atoms with E-state index in [1.807, 2.05) is 12.1 Å². The second-order valence-electron chi connectivity index (χ2n) is 6.11. The van der Waals surface area contributed by atoms with Crippen molar-refractivity contribution in [2.45, 2.75) is 12.8 Å². The topological polar surface area (TPSA) is 88.1 Å². The van der Waals surface area contributed by atoms with Crippen molar-refractivity contribution >= 4 is 33.4 Å². The molecule has 0 fully saturated rings. The summed E-state index contributed by atoms with van der Waals surface area (Å²) in [6.45, 7) is 1.38. The van der Waals surface area contributed by atoms with Crippen LogP contribution < -0.4 is 10.1 Å². The van der Waals surface area contributed by atoms with Crippen LogP contribution in [0.4, 0.5) is 0 Å². The van der Waals surface area contributed by atoms with Crippen LogP contribution in [0.5, 0.6) is 5.75 Å². The Morgan fingerprint density at radius 3 is 2.78 bits per heavy atom. The number of rotatable bonds is 7. The highest BCUT2D eigenvalue weighted by molar-refractivity contribution is 7.90. The summed E-state index contributed by atoms with van der Waals surface area (Å²) in [4.78, 5) is 13.9. The normalized spacial score (nSPS) is 17.6. The number of nitrogens with zero attached hydrogens (tertiary/aromatic N) is 2. The highest BCUT2D eigenvalue weighted by Gasteiger charge is 2.24. The minimum absolute atomic E-state index is 0.0522. The van der Waals surface area contributed by atoms with Crippen LogP contribution in [-0.4, -0.2) is 50.5 Å². The molecule has 3 rings (SSSR count). The monoisotopic (exact) mass is 409 g/mol. The Balaban J connectivity index is 1.38. The van der Waals surface area contributed by atoms with Gasteiger partial charge >= 0.3 is 0 Å². The fourth-order valence-electron chi connectivity index (χ4n) is 2.59. The van der Waals surface area contributed by atoms with Gasteiger partial charge in [-0.05, 0) is 49.3 Å². The van der Waals surface area contributed by atoms with E-state index in [4.69, 9.17) is 16.3 Å². The van der Waals surface area contributed by atoms with Gasteiger partial charge in [0.2, 0.25) is 0 Å². The molecule has 144 valence electrons. The molecule has 0 spiro atoms. The fourth-order valence-corrected chi connectivity index (χ4v) is 3.68. The van der Waals surface area contributed by atoms with E-state index < -0.39 is 10.0 Å². The van der Waals surface area contributed by atoms with Gasteiger partial charge in [-0.3, -0.25) is 4.79 Å². The van der Waals surface area contributed by atoms with Crippen LogP contribution in [0.3, 0.4) is 0 Å². The number of sulfonamides is 1. The van der Waals surface area contributed by atoms with Crippen molar-refractivity contribution in [1.29, 1.82) is 0 Å². The summed E-state index contributed by atoms with van der Waals surface area (Å²) >= 11 is 5.82. The molecule has 2 aliphatic heterocycles. The van der Waals surface area contributed by atoms with Gasteiger partial charge in [0.1, 0.15) is 11.6 Å². The number of hydrogen-bond donors (Lipinski definition) is 1. The van der Waals surface area contributed by atoms with Crippen LogP contribution in [0.1, 0.15) is 12.8 Å². The molecule has 0 radical (unpaired) electrons. The molecule has 0 unspecified atom stereocenters. The molecule has 1 N–H and O–H groups in total. The van der Waals surface area contributed by atoms with Crippen LogP contribution in [0.15, 0.2) is 52.6 Å². The maximum atomic E-state index is 12.2. The molecule has 1 aromatic carbocycles. The number of unbranched alkanes of at least 4 members (excludes halogenated alkanes) is 1. The Morgan fingerprint density at radius 2 is 2.00 bits per heavy atom. The lowest BCUT2D eigenvalue weighted by Gasteiger charge is -2.26. The van der Waals surface area contributed by atoms with E-state index in [0.717, 1.165) is 18.6 Å². The number of fused-ring (bicyclic) bond motifs is 1. The van der Waals surface area contributed by atoms with Crippen LogP contribution in [0.25, 0.3) is 0 Å². The number of carbonyl (C=O) groups excluding carboxylic acids is 1. The maximum Gasteiger partial charge on any atom is 0.256 e. The molecular weight excluding hydrogens is 390 g/mol. The molecule has 0 bridgehead atoms. The third-order valence-corrected chi connectivity index (χ3v) is 5.44. The van der Waals surface area contributed by atoms with Gasteiger partial charge in [-0.25, -0.2) is 8.42 Å². The second-order valence-corrected chi connectivity index (χ2v) is 8.30. The van der Waals surface area contributed by atoms with Gasteiger partial charge in [0.15, 0.2) is 0 Å². The van der Waals surface area contributed by atoms with Gasteiger partial charge in [-0.2, -0.15) is 0 Å². The fraction of sp³-hybridized carbons (Fsp3) is 0.333. The Labute approximate surface area is 163 Å². The molecule has 1 amide bonds. The molecule has 2 heterocycles. The van der Waals surface area contributed by atoms with E-state index in [9.17, 15) is 13.2 Å². The summed E-state index contributed by atoms with van der Waals surface area (Å²) in [6.07, 6.45) is 6.34. The lowest BCUT2D eigenvalue weighted by Crippen LogP contribution is -2.38. The number of carbonyl (C=O) groups is 1. The summed E-state index contributed by atoms with van der Waals surface area (Å²) in [7, 11) is -3.39. The smallest absolute Gasteiger partial charge is 0.256 e. The lowest BCUT2D eigenvalue weighted by molar-refractivity contribution is -0.117. The maximum absolute atomic E-state index is 12.2. The van der Waals surface area contributed by atoms with Crippen molar-refractivity contribution in [3.05, 3.63) is 53.2 Å². The SMILES string of the molecule is O=C(NCCCCOc1ccc(Cl)cc1)C1=CN2CCS(=O)(=O)N=C2C=C1. The molecule has 0 saturated heterocycles. The first kappa shape index (κ1) is 19.4. The molecule has 0 aromatic heterocycles. The molecule has 1 aromatic rings. The predicted octanol–water partition coefficient (Wildman–Crippen LogP) is 2.11. The number of amidine groups is 1. The molecular formula is C18H20ClN3O4S. The molecule has 7 nitrogen and oxygen atoms in total. The summed E-state index contributed by atoms with van der Waals surface area (Å²) in [5.74, 6) is 0.861. The van der Waals surface area contributed by atoms with Crippen molar-refractivity contribution in [2.75, 3.05) is 25.4 Å². The van der Waals surface area contributed by atoms with Crippen LogP contribution in [0, 0.1) is 0 Å². The quantitative estimate of drug-likeness (QED) is 0.697. The number of benzene rings is 1. The predicted molar refractivity (Wildman–Crippen MR) is 104 cm³/mol. The average molecular weight is 410 g/mol. The minimum atomic E-state index is -3.39. The summed E-state index contributed by atoms with van der Waals surface area (Å²) in [5.41, 5.74) is 0.477. The molecule has 27 heavy (non-hydrogen) atoms. The third kappa shape index (κ3) is 5.58. The van der Waals surface area contributed by atoms with Gasteiger partial charge < -0.3 is 15.0 Å². The summed E-state index contributed by atoms with van der Waals surface area (Å²) in [6, 6.07) is 7.18. The Morgan fingerprint density at radius 1 is 1.22 bits per heavy atom. The largest absolute Gasteiger partial charge is 0.494 e. The zero-order valence-corrected chi connectivity index (χ0v) is 16.2. The van der Waals surface area contributed by atoms with Crippen LogP contribution in [0.2, 0.25) is 5.02 Å². The van der Waals surface area contributed by atoms with Crippen LogP contribution >= 0.6 is 11.6 Å². The van der Waals surface area contributed by atoms with Crippen molar-refractivity contribution in [2.24, 2.45) is 4.40 Å². The zero-order valence-electron chi connectivity index (χ0n) is 14.6. The van der Waals surface area contributed by atoms with Gasteiger partial charge in [0.05, 0.1) is 17.9 Å². The second kappa shape index (κ2) is 8.58. The van der Waals surface area contributed by atoms with E-state index in [1.165, 1.54) is 0 Å². The van der Waals surface area contributed by atoms with E-state index in [-0.39, 0.29) is 11.7 Å². The van der Waals surface area contributed by atoms with Gasteiger partial charge in [-0.15, -0.1) is 4.40 Å². The Kier molecular flexibility index (Phi) is 6.18. The van der Waals surface area contributed by atoms with E-state index in [0.29, 0.717) is 36.1 Å². The lowest BCUT2D eigenvalue weighted by atomic mass is 10.1. The van der Waals surface area contributed by atoms with E-state index in [2.05, 4.69) is 9.71 Å².